The minimum absolute atomic E-state index is 0.348. The van der Waals surface area contributed by atoms with E-state index in [0.717, 1.165) is 39.6 Å². The van der Waals surface area contributed by atoms with Crippen LogP contribution in [0.5, 0.6) is 5.75 Å². The van der Waals surface area contributed by atoms with Crippen molar-refractivity contribution < 1.29 is 14.0 Å². The third-order valence-corrected chi connectivity index (χ3v) is 13.8. The van der Waals surface area contributed by atoms with E-state index in [1.165, 1.54) is 11.6 Å². The molecule has 0 bridgehead atoms. The first-order valence-electron chi connectivity index (χ1n) is 14.1. The largest absolute Gasteiger partial charge is 0.543 e. The molecule has 0 fully saturated rings. The van der Waals surface area contributed by atoms with Gasteiger partial charge in [-0.3, -0.25) is 0 Å². The minimum atomic E-state index is -2.36. The Bertz CT molecular complexity index is 1520. The zero-order chi connectivity index (χ0) is 29.4. The maximum Gasteiger partial charge on any atom is 0.330 e. The molecule has 0 amide bonds. The van der Waals surface area contributed by atoms with E-state index < -0.39 is 8.32 Å². The molecule has 0 N–H and O–H groups in total. The smallest absolute Gasteiger partial charge is 0.330 e. The van der Waals surface area contributed by atoms with Crippen molar-refractivity contribution in [3.8, 4) is 34.1 Å². The molecule has 1 heterocycles. The van der Waals surface area contributed by atoms with Crippen LogP contribution in [0, 0.1) is 11.3 Å². The van der Waals surface area contributed by atoms with Gasteiger partial charge in [0.15, 0.2) is 0 Å². The number of nitriles is 1. The Labute approximate surface area is 249 Å². The van der Waals surface area contributed by atoms with Crippen LogP contribution in [0.25, 0.3) is 28.3 Å². The number of hydrogen-bond donors (Lipinski definition) is 0. The van der Waals surface area contributed by atoms with Gasteiger partial charge in [-0.15, -0.1) is 0 Å². The fraction of sp³-hybridized carbons (Fsp3) is 0.257. The van der Waals surface area contributed by atoms with Gasteiger partial charge in [-0.2, -0.15) is 16.6 Å². The molecule has 0 atom stereocenters. The molecule has 4 rings (SSSR count). The van der Waals surface area contributed by atoms with Gasteiger partial charge in [0.2, 0.25) is 0 Å². The quantitative estimate of drug-likeness (QED) is 0.101. The highest BCUT2D eigenvalue weighted by Crippen LogP contribution is 2.39. The molecule has 41 heavy (non-hydrogen) atoms. The van der Waals surface area contributed by atoms with Crippen molar-refractivity contribution in [2.24, 2.45) is 0 Å². The Hall–Kier alpha value is -3.92. The van der Waals surface area contributed by atoms with Gasteiger partial charge in [0.1, 0.15) is 5.75 Å². The van der Waals surface area contributed by atoms with E-state index in [2.05, 4.69) is 80.9 Å². The summed E-state index contributed by atoms with van der Waals surface area (Å²) in [5.74, 6) is 0.505. The van der Waals surface area contributed by atoms with Crippen molar-refractivity contribution in [2.75, 3.05) is 6.61 Å². The van der Waals surface area contributed by atoms with E-state index >= 15 is 0 Å². The highest BCUT2D eigenvalue weighted by molar-refractivity contribution is 7.08. The van der Waals surface area contributed by atoms with Crippen LogP contribution >= 0.6 is 11.3 Å². The van der Waals surface area contributed by atoms with Crippen molar-refractivity contribution in [1.82, 2.24) is 0 Å². The first kappa shape index (κ1) is 30.0. The fourth-order valence-corrected chi connectivity index (χ4v) is 10.1. The number of carbonyl (C=O) groups is 1. The summed E-state index contributed by atoms with van der Waals surface area (Å²) in [6, 6.07) is 27.7. The standard InChI is InChI=1S/C35H37NO3SSi/c1-6-38-35(37)18-16-29-15-17-32(21-34(29)31-19-20-40-23-31)39-41(25(2)3,26(4)5)24-27-11-13-28(14-12-27)33-10-8-7-9-30(33)22-36/h7-21,23,25-26H,6,24H2,1-5H3/b18-16+. The molecule has 4 aromatic rings. The summed E-state index contributed by atoms with van der Waals surface area (Å²) in [4.78, 5) is 12.0. The summed E-state index contributed by atoms with van der Waals surface area (Å²) in [6.45, 7) is 11.3. The maximum absolute atomic E-state index is 12.0. The van der Waals surface area contributed by atoms with Crippen LogP contribution in [0.1, 0.15) is 51.3 Å². The molecule has 0 saturated carbocycles. The first-order chi connectivity index (χ1) is 19.8. The number of esters is 1. The van der Waals surface area contributed by atoms with Gasteiger partial charge in [-0.25, -0.2) is 4.79 Å². The molecule has 0 radical (unpaired) electrons. The molecule has 4 nitrogen and oxygen atoms in total. The molecule has 0 aliphatic rings. The summed E-state index contributed by atoms with van der Waals surface area (Å²) in [5, 5.41) is 13.7. The van der Waals surface area contributed by atoms with E-state index in [1.807, 2.05) is 42.5 Å². The van der Waals surface area contributed by atoms with Gasteiger partial charge in [-0.1, -0.05) is 76.2 Å². The molecule has 0 aliphatic heterocycles. The van der Waals surface area contributed by atoms with E-state index in [-0.39, 0.29) is 5.97 Å². The number of ether oxygens (including phenoxy) is 1. The lowest BCUT2D eigenvalue weighted by molar-refractivity contribution is -0.137. The van der Waals surface area contributed by atoms with E-state index in [4.69, 9.17) is 9.16 Å². The monoisotopic (exact) mass is 579 g/mol. The third-order valence-electron chi connectivity index (χ3n) is 7.60. The number of thiophene rings is 1. The van der Waals surface area contributed by atoms with Crippen LogP contribution in [0.2, 0.25) is 11.1 Å². The summed E-state index contributed by atoms with van der Waals surface area (Å²) < 4.78 is 12.2. The first-order valence-corrected chi connectivity index (χ1v) is 17.3. The number of benzene rings is 3. The third kappa shape index (κ3) is 7.05. The average molecular weight is 580 g/mol. The molecule has 0 aliphatic carbocycles. The number of nitrogens with zero attached hydrogens (tertiary/aromatic N) is 1. The van der Waals surface area contributed by atoms with Crippen LogP contribution in [-0.4, -0.2) is 20.9 Å². The van der Waals surface area contributed by atoms with Crippen LogP contribution in [0.3, 0.4) is 0 Å². The Morgan fingerprint density at radius 1 is 0.951 bits per heavy atom. The second-order valence-corrected chi connectivity index (χ2v) is 16.3. The SMILES string of the molecule is CCOC(=O)/C=C/c1ccc(O[Si](Cc2ccc(-c3ccccc3C#N)cc2)(C(C)C)C(C)C)cc1-c1ccsc1. The normalized spacial score (nSPS) is 11.7. The van der Waals surface area contributed by atoms with Crippen LogP contribution in [-0.2, 0) is 15.6 Å². The lowest BCUT2D eigenvalue weighted by Crippen LogP contribution is -2.50. The predicted molar refractivity (Wildman–Crippen MR) is 172 cm³/mol. The lowest BCUT2D eigenvalue weighted by Gasteiger charge is -2.39. The zero-order valence-electron chi connectivity index (χ0n) is 24.4. The van der Waals surface area contributed by atoms with Gasteiger partial charge in [-0.05, 0) is 92.5 Å². The second-order valence-electron chi connectivity index (χ2n) is 10.7. The molecule has 3 aromatic carbocycles. The number of rotatable bonds is 11. The summed E-state index contributed by atoms with van der Waals surface area (Å²) >= 11 is 1.64. The summed E-state index contributed by atoms with van der Waals surface area (Å²) in [5.41, 5.74) is 7.72. The molecule has 0 saturated heterocycles. The Balaban J connectivity index is 1.67. The van der Waals surface area contributed by atoms with Gasteiger partial charge in [0.25, 0.3) is 8.32 Å². The fourth-order valence-electron chi connectivity index (χ4n) is 5.28. The van der Waals surface area contributed by atoms with Crippen LogP contribution < -0.4 is 4.43 Å². The van der Waals surface area contributed by atoms with Crippen molar-refractivity contribution >= 4 is 31.7 Å². The van der Waals surface area contributed by atoms with E-state index in [1.54, 1.807) is 18.3 Å². The summed E-state index contributed by atoms with van der Waals surface area (Å²) in [7, 11) is -2.36. The molecule has 6 heteroatoms. The van der Waals surface area contributed by atoms with E-state index in [9.17, 15) is 10.1 Å². The second kappa shape index (κ2) is 13.6. The summed E-state index contributed by atoms with van der Waals surface area (Å²) in [6.07, 6.45) is 3.30. The van der Waals surface area contributed by atoms with Gasteiger partial charge in [0, 0.05) is 12.1 Å². The van der Waals surface area contributed by atoms with Gasteiger partial charge in [0.05, 0.1) is 18.2 Å². The molecular weight excluding hydrogens is 543 g/mol. The van der Waals surface area contributed by atoms with Gasteiger partial charge >= 0.3 is 5.97 Å². The molecule has 1 aromatic heterocycles. The highest BCUT2D eigenvalue weighted by Gasteiger charge is 2.44. The van der Waals surface area contributed by atoms with Crippen molar-refractivity contribution in [2.45, 2.75) is 51.7 Å². The van der Waals surface area contributed by atoms with Crippen molar-refractivity contribution in [1.29, 1.82) is 5.26 Å². The predicted octanol–water partition coefficient (Wildman–Crippen LogP) is 9.46. The highest BCUT2D eigenvalue weighted by atomic mass is 32.1. The van der Waals surface area contributed by atoms with Crippen LogP contribution in [0.4, 0.5) is 0 Å². The number of carbonyl (C=O) groups excluding carboxylic acids is 1. The Morgan fingerprint density at radius 2 is 1.68 bits per heavy atom. The Kier molecular flexibility index (Phi) is 9.98. The molecule has 0 unspecified atom stereocenters. The van der Waals surface area contributed by atoms with Gasteiger partial charge < -0.3 is 9.16 Å². The van der Waals surface area contributed by atoms with Crippen LogP contribution in [0.15, 0.2) is 89.6 Å². The topological polar surface area (TPSA) is 59.3 Å². The van der Waals surface area contributed by atoms with E-state index in [0.29, 0.717) is 23.3 Å². The molecular formula is C35H37NO3SSi. The lowest BCUT2D eigenvalue weighted by atomic mass is 10.00. The average Bonchev–Trinajstić information content (AvgIpc) is 3.51. The Morgan fingerprint density at radius 3 is 2.32 bits per heavy atom. The molecule has 0 spiro atoms. The van der Waals surface area contributed by atoms with Crippen molar-refractivity contribution in [3.63, 3.8) is 0 Å². The minimum Gasteiger partial charge on any atom is -0.543 e. The maximum atomic E-state index is 12.0. The number of hydrogen-bond acceptors (Lipinski definition) is 5. The zero-order valence-corrected chi connectivity index (χ0v) is 26.2. The molecule has 210 valence electrons. The van der Waals surface area contributed by atoms with Crippen molar-refractivity contribution in [3.05, 3.63) is 106 Å².